The van der Waals surface area contributed by atoms with E-state index in [9.17, 15) is 0 Å². The summed E-state index contributed by atoms with van der Waals surface area (Å²) in [4.78, 5) is 5.14. The van der Waals surface area contributed by atoms with Crippen LogP contribution in [0.3, 0.4) is 0 Å². The zero-order chi connectivity index (χ0) is 12.3. The Morgan fingerprint density at radius 3 is 2.24 bits per heavy atom. The van der Waals surface area contributed by atoms with E-state index >= 15 is 0 Å². The number of aliphatic imine (C=N–C) groups is 1. The van der Waals surface area contributed by atoms with E-state index in [0.29, 0.717) is 15.6 Å². The van der Waals surface area contributed by atoms with E-state index in [4.69, 9.17) is 23.2 Å². The van der Waals surface area contributed by atoms with Gasteiger partial charge >= 0.3 is 0 Å². The maximum atomic E-state index is 6.04. The monoisotopic (exact) mass is 281 g/mol. The molecule has 0 amide bonds. The summed E-state index contributed by atoms with van der Waals surface area (Å²) >= 11 is 16.4. The van der Waals surface area contributed by atoms with Crippen molar-refractivity contribution in [1.82, 2.24) is 0 Å². The van der Waals surface area contributed by atoms with E-state index < -0.39 is 0 Å². The van der Waals surface area contributed by atoms with Crippen molar-refractivity contribution in [3.63, 3.8) is 0 Å². The molecule has 0 radical (unpaired) electrons. The molecular formula is C13H9Cl2NS. The number of thiol groups is 1. The van der Waals surface area contributed by atoms with Gasteiger partial charge in [-0.2, -0.15) is 0 Å². The second-order valence-electron chi connectivity index (χ2n) is 3.38. The fourth-order valence-electron chi connectivity index (χ4n) is 1.34. The average Bonchev–Trinajstić information content (AvgIpc) is 2.30. The van der Waals surface area contributed by atoms with Crippen molar-refractivity contribution in [3.8, 4) is 0 Å². The molecule has 0 saturated carbocycles. The van der Waals surface area contributed by atoms with Crippen molar-refractivity contribution in [3.05, 3.63) is 58.1 Å². The summed E-state index contributed by atoms with van der Waals surface area (Å²) < 4.78 is 0. The van der Waals surface area contributed by atoms with Crippen LogP contribution >= 0.6 is 35.8 Å². The summed E-state index contributed by atoms with van der Waals surface area (Å²) in [7, 11) is 0. The van der Waals surface area contributed by atoms with Crippen LogP contribution < -0.4 is 0 Å². The van der Waals surface area contributed by atoms with Gasteiger partial charge in [-0.15, -0.1) is 12.6 Å². The first kappa shape index (κ1) is 12.5. The van der Waals surface area contributed by atoms with Crippen molar-refractivity contribution < 1.29 is 0 Å². The van der Waals surface area contributed by atoms with Crippen molar-refractivity contribution >= 4 is 47.7 Å². The van der Waals surface area contributed by atoms with E-state index in [1.165, 1.54) is 0 Å². The van der Waals surface area contributed by atoms with Gasteiger partial charge in [0.05, 0.1) is 15.7 Å². The predicted octanol–water partition coefficient (Wildman–Crippen LogP) is 5.03. The number of hydrogen-bond donors (Lipinski definition) is 1. The average molecular weight is 282 g/mol. The van der Waals surface area contributed by atoms with E-state index in [2.05, 4.69) is 17.6 Å². The van der Waals surface area contributed by atoms with Crippen LogP contribution in [0.15, 0.2) is 52.4 Å². The summed E-state index contributed by atoms with van der Waals surface area (Å²) in [6.45, 7) is 0. The minimum Gasteiger partial charge on any atom is -0.255 e. The van der Waals surface area contributed by atoms with Crippen molar-refractivity contribution in [2.24, 2.45) is 4.99 Å². The molecule has 0 spiro atoms. The summed E-state index contributed by atoms with van der Waals surface area (Å²) in [5, 5.41) is 1.16. The van der Waals surface area contributed by atoms with Gasteiger partial charge in [-0.1, -0.05) is 41.4 Å². The molecule has 2 aromatic carbocycles. The zero-order valence-electron chi connectivity index (χ0n) is 8.77. The molecule has 0 unspecified atom stereocenters. The lowest BCUT2D eigenvalue weighted by atomic mass is 10.2. The van der Waals surface area contributed by atoms with E-state index in [0.717, 1.165) is 10.6 Å². The van der Waals surface area contributed by atoms with Gasteiger partial charge in [0.2, 0.25) is 0 Å². The topological polar surface area (TPSA) is 12.4 Å². The van der Waals surface area contributed by atoms with Gasteiger partial charge in [0.1, 0.15) is 0 Å². The van der Waals surface area contributed by atoms with Crippen molar-refractivity contribution in [1.29, 1.82) is 0 Å². The quantitative estimate of drug-likeness (QED) is 0.585. The number of nitrogens with zero attached hydrogens (tertiary/aromatic N) is 1. The molecule has 17 heavy (non-hydrogen) atoms. The summed E-state index contributed by atoms with van der Waals surface area (Å²) in [6, 6.07) is 12.9. The van der Waals surface area contributed by atoms with Gasteiger partial charge in [-0.3, -0.25) is 4.99 Å². The molecule has 0 aromatic heterocycles. The lowest BCUT2D eigenvalue weighted by molar-refractivity contribution is 1.39. The third-order valence-corrected chi connectivity index (χ3v) is 3.25. The van der Waals surface area contributed by atoms with E-state index in [1.807, 2.05) is 24.3 Å². The smallest absolute Gasteiger partial charge is 0.0763 e. The molecule has 0 fully saturated rings. The van der Waals surface area contributed by atoms with Crippen molar-refractivity contribution in [2.75, 3.05) is 0 Å². The lowest BCUT2D eigenvalue weighted by Gasteiger charge is -2.01. The SMILES string of the molecule is Sc1ccccc1N=Cc1c(Cl)cccc1Cl. The molecule has 0 aliphatic heterocycles. The van der Waals surface area contributed by atoms with E-state index in [-0.39, 0.29) is 0 Å². The first-order valence-corrected chi connectivity index (χ1v) is 6.15. The highest BCUT2D eigenvalue weighted by atomic mass is 35.5. The minimum atomic E-state index is 0.581. The van der Waals surface area contributed by atoms with Crippen LogP contribution in [0.2, 0.25) is 10.0 Å². The Labute approximate surface area is 116 Å². The second-order valence-corrected chi connectivity index (χ2v) is 4.68. The standard InChI is InChI=1S/C13H9Cl2NS/c14-10-4-3-5-11(15)9(10)8-16-12-6-1-2-7-13(12)17/h1-8,17H. The molecule has 86 valence electrons. The van der Waals surface area contributed by atoms with Crippen molar-refractivity contribution in [2.45, 2.75) is 4.90 Å². The zero-order valence-corrected chi connectivity index (χ0v) is 11.2. The Kier molecular flexibility index (Phi) is 4.11. The predicted molar refractivity (Wildman–Crippen MR) is 77.4 cm³/mol. The summed E-state index contributed by atoms with van der Waals surface area (Å²) in [5.41, 5.74) is 1.50. The number of halogens is 2. The summed E-state index contributed by atoms with van der Waals surface area (Å²) in [6.07, 6.45) is 1.65. The van der Waals surface area contributed by atoms with Gasteiger partial charge < -0.3 is 0 Å². The third kappa shape index (κ3) is 3.03. The maximum absolute atomic E-state index is 6.04. The number of para-hydroxylation sites is 1. The normalized spacial score (nSPS) is 11.0. The Morgan fingerprint density at radius 1 is 0.941 bits per heavy atom. The molecule has 0 heterocycles. The summed E-state index contributed by atoms with van der Waals surface area (Å²) in [5.74, 6) is 0. The first-order chi connectivity index (χ1) is 8.18. The highest BCUT2D eigenvalue weighted by molar-refractivity contribution is 7.80. The maximum Gasteiger partial charge on any atom is 0.0763 e. The molecule has 0 saturated heterocycles. The third-order valence-electron chi connectivity index (χ3n) is 2.21. The molecule has 0 atom stereocenters. The number of hydrogen-bond acceptors (Lipinski definition) is 2. The first-order valence-electron chi connectivity index (χ1n) is 4.94. The Morgan fingerprint density at radius 2 is 1.59 bits per heavy atom. The Bertz CT molecular complexity index is 547. The van der Waals surface area contributed by atoms with Gasteiger partial charge in [0.15, 0.2) is 0 Å². The highest BCUT2D eigenvalue weighted by Crippen LogP contribution is 2.25. The van der Waals surface area contributed by atoms with E-state index in [1.54, 1.807) is 24.4 Å². The molecule has 0 aliphatic rings. The molecule has 1 nitrogen and oxygen atoms in total. The van der Waals surface area contributed by atoms with Gasteiger partial charge in [0.25, 0.3) is 0 Å². The number of rotatable bonds is 2. The minimum absolute atomic E-state index is 0.581. The van der Waals surface area contributed by atoms with Gasteiger partial charge in [0, 0.05) is 16.7 Å². The number of benzene rings is 2. The van der Waals surface area contributed by atoms with Crippen LogP contribution in [0.1, 0.15) is 5.56 Å². The molecule has 4 heteroatoms. The van der Waals surface area contributed by atoms with Crippen LogP contribution in [0.4, 0.5) is 5.69 Å². The largest absolute Gasteiger partial charge is 0.255 e. The lowest BCUT2D eigenvalue weighted by Crippen LogP contribution is -1.84. The second kappa shape index (κ2) is 5.58. The molecule has 2 rings (SSSR count). The molecule has 0 aliphatic carbocycles. The fraction of sp³-hybridized carbons (Fsp3) is 0. The van der Waals surface area contributed by atoms with Crippen LogP contribution in [0.5, 0.6) is 0 Å². The Balaban J connectivity index is 2.36. The van der Waals surface area contributed by atoms with Gasteiger partial charge in [-0.25, -0.2) is 0 Å². The van der Waals surface area contributed by atoms with Crippen LogP contribution in [0, 0.1) is 0 Å². The molecule has 0 N–H and O–H groups in total. The Hall–Kier alpha value is -0.960. The fourth-order valence-corrected chi connectivity index (χ4v) is 2.05. The van der Waals surface area contributed by atoms with Crippen LogP contribution in [-0.4, -0.2) is 6.21 Å². The molecule has 0 bridgehead atoms. The van der Waals surface area contributed by atoms with Crippen LogP contribution in [0.25, 0.3) is 0 Å². The molecule has 2 aromatic rings. The van der Waals surface area contributed by atoms with Crippen LogP contribution in [-0.2, 0) is 0 Å². The molecular weight excluding hydrogens is 273 g/mol. The highest BCUT2D eigenvalue weighted by Gasteiger charge is 2.02. The van der Waals surface area contributed by atoms with Gasteiger partial charge in [-0.05, 0) is 24.3 Å².